The Hall–Kier alpha value is -1.13. The average Bonchev–Trinajstić information content (AvgIpc) is 2.83. The molecule has 0 radical (unpaired) electrons. The minimum absolute atomic E-state index is 0. The topological polar surface area (TPSA) is 103 Å². The molecule has 0 spiro atoms. The fraction of sp³-hybridized carbons (Fsp3) is 0.444. The summed E-state index contributed by atoms with van der Waals surface area (Å²) in [6.07, 6.45) is 4.13. The van der Waals surface area contributed by atoms with Gasteiger partial charge in [0.15, 0.2) is 0 Å². The maximum Gasteiger partial charge on any atom is 0.236 e. The average molecular weight is 451 g/mol. The maximum absolute atomic E-state index is 12.0. The first-order chi connectivity index (χ1) is 12.4. The van der Waals surface area contributed by atoms with Crippen molar-refractivity contribution in [3.05, 3.63) is 36.2 Å². The number of rotatable bonds is 3. The molecule has 28 heavy (non-hydrogen) atoms. The van der Waals surface area contributed by atoms with Crippen molar-refractivity contribution in [3.63, 3.8) is 0 Å². The lowest BCUT2D eigenvalue weighted by atomic mass is 10.1. The number of hydrogen-bond acceptors (Lipinski definition) is 6. The minimum Gasteiger partial charge on any atom is -0.340 e. The molecule has 7 nitrogen and oxygen atoms in total. The Balaban J connectivity index is 0.00000196. The van der Waals surface area contributed by atoms with Crippen LogP contribution in [-0.2, 0) is 4.79 Å². The van der Waals surface area contributed by atoms with Gasteiger partial charge in [-0.2, -0.15) is 4.31 Å². The largest absolute Gasteiger partial charge is 0.340 e. The van der Waals surface area contributed by atoms with Gasteiger partial charge in [0.25, 0.3) is 0 Å². The molecule has 1 aliphatic heterocycles. The molecule has 1 aromatic heterocycles. The molecular formula is C18H28Cl2N4O3S. The Bertz CT molecular complexity index is 819. The first kappa shape index (κ1) is 24.9. The highest BCUT2D eigenvalue weighted by Crippen LogP contribution is 2.55. The van der Waals surface area contributed by atoms with Gasteiger partial charge in [0.1, 0.15) is 0 Å². The van der Waals surface area contributed by atoms with Crippen molar-refractivity contribution in [3.8, 4) is 0 Å². The molecule has 0 aliphatic carbocycles. The van der Waals surface area contributed by atoms with Gasteiger partial charge in [-0.1, -0.05) is 12.1 Å². The summed E-state index contributed by atoms with van der Waals surface area (Å²) in [4.78, 5) is 18.4. The van der Waals surface area contributed by atoms with Crippen LogP contribution in [0, 0.1) is 6.92 Å². The molecule has 0 unspecified atom stereocenters. The zero-order chi connectivity index (χ0) is 18.9. The van der Waals surface area contributed by atoms with Gasteiger partial charge in [0, 0.05) is 48.8 Å². The van der Waals surface area contributed by atoms with E-state index >= 15 is 0 Å². The van der Waals surface area contributed by atoms with Crippen LogP contribution in [0.5, 0.6) is 0 Å². The van der Waals surface area contributed by atoms with Crippen molar-refractivity contribution in [1.29, 1.82) is 0 Å². The lowest BCUT2D eigenvalue weighted by Gasteiger charge is -2.46. The highest BCUT2D eigenvalue weighted by atomic mass is 35.5. The molecule has 1 fully saturated rings. The molecule has 10 heteroatoms. The highest BCUT2D eigenvalue weighted by Gasteiger charge is 2.34. The molecule has 1 amide bonds. The first-order valence-electron chi connectivity index (χ1n) is 8.72. The standard InChI is InChI=1S/C18H26N4O3S.2ClH/c1-13-10-20-11-15-5-3-6-16(18(13)15)26(24,25)22-8-4-7-21(12-14(22)2)17(23)9-19;;/h3,5-6,10-11,14,24-25H,4,7-9,12,19H2,1-2H3;2*1H/t14-;;/m0../s1. The van der Waals surface area contributed by atoms with E-state index in [4.69, 9.17) is 5.73 Å². The third kappa shape index (κ3) is 4.71. The fourth-order valence-electron chi connectivity index (χ4n) is 3.60. The van der Waals surface area contributed by atoms with E-state index in [0.29, 0.717) is 31.0 Å². The second kappa shape index (κ2) is 10.1. The van der Waals surface area contributed by atoms with Crippen molar-refractivity contribution in [2.45, 2.75) is 31.2 Å². The Morgan fingerprint density at radius 2 is 2.00 bits per heavy atom. The molecule has 158 valence electrons. The van der Waals surface area contributed by atoms with Crippen LogP contribution in [0.1, 0.15) is 18.9 Å². The number of pyridine rings is 1. The summed E-state index contributed by atoms with van der Waals surface area (Å²) in [5, 5.41) is 1.71. The molecule has 2 aromatic rings. The molecule has 1 aromatic carbocycles. The second-order valence-electron chi connectivity index (χ2n) is 6.72. The Labute approximate surface area is 179 Å². The second-order valence-corrected chi connectivity index (χ2v) is 8.66. The van der Waals surface area contributed by atoms with Crippen molar-refractivity contribution >= 4 is 52.3 Å². The molecular weight excluding hydrogens is 423 g/mol. The van der Waals surface area contributed by atoms with Crippen LogP contribution in [0.15, 0.2) is 35.5 Å². The summed E-state index contributed by atoms with van der Waals surface area (Å²) in [5.74, 6) is -0.109. The third-order valence-electron chi connectivity index (χ3n) is 4.87. The lowest BCUT2D eigenvalue weighted by molar-refractivity contribution is -0.129. The van der Waals surface area contributed by atoms with Gasteiger partial charge in [-0.05, 0) is 31.9 Å². The van der Waals surface area contributed by atoms with Crippen LogP contribution in [0.25, 0.3) is 10.8 Å². The van der Waals surface area contributed by atoms with Crippen LogP contribution in [0.2, 0.25) is 0 Å². The normalized spacial score (nSPS) is 18.8. The number of aromatic nitrogens is 1. The SMILES string of the molecule is Cc1cncc2cccc(S(O)(O)N3CCCN(C(=O)CN)C[C@@H]3C)c12.Cl.Cl. The van der Waals surface area contributed by atoms with Gasteiger partial charge in [-0.15, -0.1) is 35.6 Å². The van der Waals surface area contributed by atoms with E-state index in [2.05, 4.69) is 4.98 Å². The molecule has 0 bridgehead atoms. The van der Waals surface area contributed by atoms with E-state index in [-0.39, 0.29) is 43.3 Å². The number of fused-ring (bicyclic) bond motifs is 1. The maximum atomic E-state index is 12.0. The Kier molecular flexibility index (Phi) is 8.95. The number of aryl methyl sites for hydroxylation is 1. The van der Waals surface area contributed by atoms with Crippen LogP contribution in [-0.4, -0.2) is 61.4 Å². The molecule has 1 aliphatic rings. The van der Waals surface area contributed by atoms with Gasteiger partial charge in [0.05, 0.1) is 11.4 Å². The van der Waals surface area contributed by atoms with Gasteiger partial charge in [0.2, 0.25) is 5.91 Å². The smallest absolute Gasteiger partial charge is 0.236 e. The van der Waals surface area contributed by atoms with Crippen LogP contribution in [0.3, 0.4) is 0 Å². The van der Waals surface area contributed by atoms with Crippen LogP contribution >= 0.6 is 35.6 Å². The zero-order valence-electron chi connectivity index (χ0n) is 15.9. The van der Waals surface area contributed by atoms with E-state index in [1.165, 1.54) is 0 Å². The molecule has 1 atom stereocenters. The van der Waals surface area contributed by atoms with Gasteiger partial charge in [-0.25, -0.2) is 0 Å². The summed E-state index contributed by atoms with van der Waals surface area (Å²) in [6.45, 7) is 5.30. The first-order valence-corrected chi connectivity index (χ1v) is 10.2. The van der Waals surface area contributed by atoms with Crippen molar-refractivity contribution in [2.75, 3.05) is 26.2 Å². The van der Waals surface area contributed by atoms with Crippen molar-refractivity contribution in [2.24, 2.45) is 5.73 Å². The van der Waals surface area contributed by atoms with E-state index in [1.807, 2.05) is 26.0 Å². The van der Waals surface area contributed by atoms with Gasteiger partial charge in [-0.3, -0.25) is 18.9 Å². The number of carbonyl (C=O) groups is 1. The monoisotopic (exact) mass is 450 g/mol. The number of nitrogens with zero attached hydrogens (tertiary/aromatic N) is 3. The van der Waals surface area contributed by atoms with Gasteiger partial charge < -0.3 is 10.6 Å². The van der Waals surface area contributed by atoms with E-state index < -0.39 is 10.8 Å². The summed E-state index contributed by atoms with van der Waals surface area (Å²) >= 11 is 0. The predicted octanol–water partition coefficient (Wildman–Crippen LogP) is 3.29. The summed E-state index contributed by atoms with van der Waals surface area (Å²) in [6, 6.07) is 5.31. The summed E-state index contributed by atoms with van der Waals surface area (Å²) < 4.78 is 24.2. The lowest BCUT2D eigenvalue weighted by Crippen LogP contribution is -2.43. The molecule has 1 saturated heterocycles. The van der Waals surface area contributed by atoms with Crippen molar-refractivity contribution in [1.82, 2.24) is 14.2 Å². The molecule has 2 heterocycles. The summed E-state index contributed by atoms with van der Waals surface area (Å²) in [7, 11) is -3.20. The van der Waals surface area contributed by atoms with Gasteiger partial charge >= 0.3 is 0 Å². The quantitative estimate of drug-likeness (QED) is 0.662. The Morgan fingerprint density at radius 3 is 2.68 bits per heavy atom. The number of benzene rings is 1. The zero-order valence-corrected chi connectivity index (χ0v) is 18.4. The molecule has 3 rings (SSSR count). The summed E-state index contributed by atoms with van der Waals surface area (Å²) in [5.41, 5.74) is 6.39. The fourth-order valence-corrected chi connectivity index (χ4v) is 5.62. The van der Waals surface area contributed by atoms with E-state index in [1.54, 1.807) is 27.7 Å². The molecule has 4 N–H and O–H groups in total. The predicted molar refractivity (Wildman–Crippen MR) is 119 cm³/mol. The number of nitrogens with two attached hydrogens (primary N) is 1. The van der Waals surface area contributed by atoms with Crippen LogP contribution in [0.4, 0.5) is 0 Å². The number of carbonyl (C=O) groups excluding carboxylic acids is 1. The number of halogens is 2. The highest BCUT2D eigenvalue weighted by molar-refractivity contribution is 8.22. The van der Waals surface area contributed by atoms with E-state index in [9.17, 15) is 13.9 Å². The minimum atomic E-state index is -3.20. The molecule has 0 saturated carbocycles. The number of hydrogen-bond donors (Lipinski definition) is 3. The number of amides is 1. The van der Waals surface area contributed by atoms with E-state index in [0.717, 1.165) is 16.3 Å². The van der Waals surface area contributed by atoms with Crippen molar-refractivity contribution < 1.29 is 13.9 Å². The Morgan fingerprint density at radius 1 is 1.29 bits per heavy atom. The third-order valence-corrected chi connectivity index (χ3v) is 6.99. The van der Waals surface area contributed by atoms with Crippen LogP contribution < -0.4 is 5.73 Å².